The smallest absolute Gasteiger partial charge is 0.226 e. The van der Waals surface area contributed by atoms with Crippen molar-refractivity contribution >= 4 is 12.2 Å². The van der Waals surface area contributed by atoms with Crippen molar-refractivity contribution in [2.24, 2.45) is 0 Å². The number of para-hydroxylation sites is 1. The summed E-state index contributed by atoms with van der Waals surface area (Å²) in [5, 5.41) is 9.80. The highest BCUT2D eigenvalue weighted by Crippen LogP contribution is 2.25. The van der Waals surface area contributed by atoms with Crippen molar-refractivity contribution in [1.82, 2.24) is 4.98 Å². The van der Waals surface area contributed by atoms with Crippen LogP contribution in [0.1, 0.15) is 11.3 Å². The van der Waals surface area contributed by atoms with E-state index in [0.29, 0.717) is 11.6 Å². The van der Waals surface area contributed by atoms with Crippen LogP contribution in [0.2, 0.25) is 0 Å². The molecule has 0 aliphatic heterocycles. The third-order valence-corrected chi connectivity index (χ3v) is 4.13. The van der Waals surface area contributed by atoms with Gasteiger partial charge < -0.3 is 9.52 Å². The highest BCUT2D eigenvalue weighted by molar-refractivity contribution is 5.72. The van der Waals surface area contributed by atoms with Gasteiger partial charge in [-0.1, -0.05) is 60.7 Å². The van der Waals surface area contributed by atoms with Crippen molar-refractivity contribution in [1.29, 1.82) is 0 Å². The van der Waals surface area contributed by atoms with Gasteiger partial charge in [-0.25, -0.2) is 4.98 Å². The van der Waals surface area contributed by atoms with Gasteiger partial charge in [-0.05, 0) is 41.5 Å². The number of benzene rings is 3. The Hall–Kier alpha value is -3.59. The average Bonchev–Trinajstić information content (AvgIpc) is 3.17. The SMILES string of the molecule is Oc1ccccc1C=Cc1coc(-c2ccc(-c3ccccc3)cc2)n1. The van der Waals surface area contributed by atoms with E-state index in [2.05, 4.69) is 29.2 Å². The summed E-state index contributed by atoms with van der Waals surface area (Å²) in [7, 11) is 0. The predicted octanol–water partition coefficient (Wildman–Crippen LogP) is 5.88. The zero-order valence-corrected chi connectivity index (χ0v) is 14.0. The molecular weight excluding hydrogens is 322 g/mol. The second kappa shape index (κ2) is 7.11. The van der Waals surface area contributed by atoms with Crippen LogP contribution >= 0.6 is 0 Å². The summed E-state index contributed by atoms with van der Waals surface area (Å²) in [4.78, 5) is 4.49. The molecule has 0 aliphatic carbocycles. The standard InChI is InChI=1S/C23H17NO2/c25-22-9-5-4-8-19(22)14-15-21-16-26-23(24-21)20-12-10-18(11-13-20)17-6-2-1-3-7-17/h1-16,25H. The predicted molar refractivity (Wildman–Crippen MR) is 104 cm³/mol. The number of rotatable bonds is 4. The summed E-state index contributed by atoms with van der Waals surface area (Å²) < 4.78 is 5.59. The molecule has 0 aliphatic rings. The minimum absolute atomic E-state index is 0.240. The van der Waals surface area contributed by atoms with Crippen LogP contribution in [0.4, 0.5) is 0 Å². The number of phenols is 1. The number of nitrogens with zero attached hydrogens (tertiary/aromatic N) is 1. The van der Waals surface area contributed by atoms with E-state index in [1.54, 1.807) is 18.4 Å². The number of hydrogen-bond acceptors (Lipinski definition) is 3. The van der Waals surface area contributed by atoms with E-state index in [-0.39, 0.29) is 5.75 Å². The van der Waals surface area contributed by atoms with E-state index >= 15 is 0 Å². The molecule has 0 radical (unpaired) electrons. The first-order valence-corrected chi connectivity index (χ1v) is 8.37. The lowest BCUT2D eigenvalue weighted by atomic mass is 10.0. The zero-order valence-electron chi connectivity index (χ0n) is 14.0. The monoisotopic (exact) mass is 339 g/mol. The Morgan fingerprint density at radius 1 is 0.692 bits per heavy atom. The van der Waals surface area contributed by atoms with Crippen molar-refractivity contribution in [3.8, 4) is 28.3 Å². The maximum atomic E-state index is 9.80. The van der Waals surface area contributed by atoms with Gasteiger partial charge in [0.1, 0.15) is 17.7 Å². The Bertz CT molecular complexity index is 1030. The number of phenolic OH excluding ortho intramolecular Hbond substituents is 1. The van der Waals surface area contributed by atoms with E-state index in [0.717, 1.165) is 16.7 Å². The molecule has 3 heteroatoms. The van der Waals surface area contributed by atoms with E-state index < -0.39 is 0 Å². The molecule has 3 aromatic carbocycles. The van der Waals surface area contributed by atoms with E-state index in [9.17, 15) is 5.11 Å². The summed E-state index contributed by atoms with van der Waals surface area (Å²) in [6.07, 6.45) is 5.24. The third kappa shape index (κ3) is 3.42. The molecule has 26 heavy (non-hydrogen) atoms. The van der Waals surface area contributed by atoms with Crippen LogP contribution in [0.5, 0.6) is 5.75 Å². The zero-order chi connectivity index (χ0) is 17.8. The lowest BCUT2D eigenvalue weighted by Crippen LogP contribution is -1.81. The van der Waals surface area contributed by atoms with Crippen LogP contribution in [-0.4, -0.2) is 10.1 Å². The van der Waals surface area contributed by atoms with Gasteiger partial charge in [-0.3, -0.25) is 0 Å². The molecule has 1 aromatic heterocycles. The van der Waals surface area contributed by atoms with Crippen LogP contribution in [0.25, 0.3) is 34.7 Å². The maximum absolute atomic E-state index is 9.80. The van der Waals surface area contributed by atoms with Crippen LogP contribution in [-0.2, 0) is 0 Å². The number of oxazole rings is 1. The Balaban J connectivity index is 1.54. The number of aromatic nitrogens is 1. The molecule has 4 aromatic rings. The Labute approximate surface area is 151 Å². The first kappa shape index (κ1) is 15.9. The maximum Gasteiger partial charge on any atom is 0.226 e. The quantitative estimate of drug-likeness (QED) is 0.504. The Morgan fingerprint density at radius 2 is 1.35 bits per heavy atom. The van der Waals surface area contributed by atoms with Gasteiger partial charge in [0.15, 0.2) is 0 Å². The lowest BCUT2D eigenvalue weighted by molar-refractivity contribution is 0.474. The number of hydrogen-bond donors (Lipinski definition) is 1. The van der Waals surface area contributed by atoms with Crippen molar-refractivity contribution in [3.05, 3.63) is 96.4 Å². The van der Waals surface area contributed by atoms with Gasteiger partial charge in [0.05, 0.1) is 0 Å². The Morgan fingerprint density at radius 3 is 2.12 bits per heavy atom. The summed E-state index contributed by atoms with van der Waals surface area (Å²) in [6, 6.07) is 25.5. The molecule has 0 saturated heterocycles. The van der Waals surface area contributed by atoms with Gasteiger partial charge in [-0.2, -0.15) is 0 Å². The van der Waals surface area contributed by atoms with Gasteiger partial charge in [0.25, 0.3) is 0 Å². The molecule has 0 amide bonds. The van der Waals surface area contributed by atoms with Crippen molar-refractivity contribution in [2.45, 2.75) is 0 Å². The van der Waals surface area contributed by atoms with Gasteiger partial charge in [0.2, 0.25) is 5.89 Å². The van der Waals surface area contributed by atoms with E-state index in [1.165, 1.54) is 5.56 Å². The molecule has 0 atom stereocenters. The van der Waals surface area contributed by atoms with Gasteiger partial charge >= 0.3 is 0 Å². The largest absolute Gasteiger partial charge is 0.507 e. The highest BCUT2D eigenvalue weighted by Gasteiger charge is 2.06. The van der Waals surface area contributed by atoms with E-state index in [1.807, 2.05) is 54.6 Å². The lowest BCUT2D eigenvalue weighted by Gasteiger charge is -2.02. The minimum Gasteiger partial charge on any atom is -0.507 e. The molecule has 0 saturated carbocycles. The summed E-state index contributed by atoms with van der Waals surface area (Å²) in [6.45, 7) is 0. The molecular formula is C23H17NO2. The molecule has 0 unspecified atom stereocenters. The summed E-state index contributed by atoms with van der Waals surface area (Å²) in [5.74, 6) is 0.811. The second-order valence-electron chi connectivity index (χ2n) is 5.91. The molecule has 4 rings (SSSR count). The fourth-order valence-corrected chi connectivity index (χ4v) is 2.73. The topological polar surface area (TPSA) is 46.3 Å². The minimum atomic E-state index is 0.240. The van der Waals surface area contributed by atoms with Crippen LogP contribution < -0.4 is 0 Å². The van der Waals surface area contributed by atoms with Gasteiger partial charge in [-0.15, -0.1) is 0 Å². The summed E-state index contributed by atoms with van der Waals surface area (Å²) >= 11 is 0. The van der Waals surface area contributed by atoms with Crippen LogP contribution in [0, 0.1) is 0 Å². The molecule has 0 spiro atoms. The van der Waals surface area contributed by atoms with E-state index in [4.69, 9.17) is 4.42 Å². The second-order valence-corrected chi connectivity index (χ2v) is 5.91. The highest BCUT2D eigenvalue weighted by atomic mass is 16.3. The fraction of sp³-hybridized carbons (Fsp3) is 0. The molecule has 0 fully saturated rings. The molecule has 0 bridgehead atoms. The average molecular weight is 339 g/mol. The van der Waals surface area contributed by atoms with Crippen LogP contribution in [0.3, 0.4) is 0 Å². The van der Waals surface area contributed by atoms with Crippen molar-refractivity contribution in [3.63, 3.8) is 0 Å². The molecule has 126 valence electrons. The number of aromatic hydroxyl groups is 1. The van der Waals surface area contributed by atoms with Crippen molar-refractivity contribution < 1.29 is 9.52 Å². The van der Waals surface area contributed by atoms with Crippen LogP contribution in [0.15, 0.2) is 89.5 Å². The first-order chi connectivity index (χ1) is 12.8. The molecule has 3 nitrogen and oxygen atoms in total. The van der Waals surface area contributed by atoms with Gasteiger partial charge in [0, 0.05) is 11.1 Å². The van der Waals surface area contributed by atoms with Crippen molar-refractivity contribution in [2.75, 3.05) is 0 Å². The molecule has 1 heterocycles. The Kier molecular flexibility index (Phi) is 4.35. The summed E-state index contributed by atoms with van der Waals surface area (Å²) in [5.41, 5.74) is 4.70. The third-order valence-electron chi connectivity index (χ3n) is 4.13. The fourth-order valence-electron chi connectivity index (χ4n) is 2.73. The first-order valence-electron chi connectivity index (χ1n) is 8.37. The molecule has 1 N–H and O–H groups in total. The normalized spacial score (nSPS) is 11.1.